The molecule has 24 heavy (non-hydrogen) atoms. The number of carbonyl (C=O) groups is 2. The Bertz CT molecular complexity index is 856. The molecule has 1 heterocycles. The average molecular weight is 427 g/mol. The zero-order chi connectivity index (χ0) is 17.7. The van der Waals surface area contributed by atoms with Gasteiger partial charge in [0.05, 0.1) is 4.47 Å². The Balaban J connectivity index is 2.22. The molecule has 1 aromatic heterocycles. The summed E-state index contributed by atoms with van der Waals surface area (Å²) in [5.74, 6) is -0.626. The lowest BCUT2D eigenvalue weighted by Gasteiger charge is -1.99. The molecular weight excluding hydrogens is 418 g/mol. The van der Waals surface area contributed by atoms with Gasteiger partial charge < -0.3 is 10.2 Å². The maximum Gasteiger partial charge on any atom is 0.319 e. The quantitative estimate of drug-likeness (QED) is 0.568. The van der Waals surface area contributed by atoms with Crippen LogP contribution >= 0.6 is 39.3 Å². The van der Waals surface area contributed by atoms with E-state index in [4.69, 9.17) is 27.0 Å². The minimum Gasteiger partial charge on any atom is -0.449 e. The number of furan rings is 1. The van der Waals surface area contributed by atoms with Crippen LogP contribution in [0, 0.1) is 11.3 Å². The molecule has 0 aliphatic carbocycles. The largest absolute Gasteiger partial charge is 0.449 e. The third-order valence-electron chi connectivity index (χ3n) is 2.59. The number of nitrogens with zero attached hydrogens (tertiary/aromatic N) is 1. The smallest absolute Gasteiger partial charge is 0.319 e. The van der Waals surface area contributed by atoms with Gasteiger partial charge in [-0.25, -0.2) is 4.79 Å². The summed E-state index contributed by atoms with van der Waals surface area (Å²) in [4.78, 5) is 23.2. The van der Waals surface area contributed by atoms with Gasteiger partial charge in [0.25, 0.3) is 5.91 Å². The molecule has 122 valence electrons. The number of nitrogens with two attached hydrogens (primary N) is 1. The van der Waals surface area contributed by atoms with Gasteiger partial charge in [0.1, 0.15) is 17.4 Å². The van der Waals surface area contributed by atoms with Crippen molar-refractivity contribution in [2.24, 2.45) is 5.73 Å². The highest BCUT2D eigenvalue weighted by atomic mass is 79.9. The highest BCUT2D eigenvalue weighted by Crippen LogP contribution is 2.36. The van der Waals surface area contributed by atoms with Gasteiger partial charge in [-0.2, -0.15) is 5.26 Å². The Kier molecular flexibility index (Phi) is 6.09. The molecular formula is C15H9BrClN3O3S. The number of primary amides is 1. The number of imide groups is 1. The Hall–Kier alpha value is -2.21. The van der Waals surface area contributed by atoms with Gasteiger partial charge in [-0.05, 0) is 46.3 Å². The number of amides is 3. The van der Waals surface area contributed by atoms with Crippen molar-refractivity contribution >= 4 is 57.3 Å². The summed E-state index contributed by atoms with van der Waals surface area (Å²) in [5.41, 5.74) is 4.55. The van der Waals surface area contributed by atoms with E-state index in [1.54, 1.807) is 24.3 Å². The van der Waals surface area contributed by atoms with E-state index in [2.05, 4.69) is 15.9 Å². The van der Waals surface area contributed by atoms with Crippen molar-refractivity contribution in [2.45, 2.75) is 9.99 Å². The van der Waals surface area contributed by atoms with Crippen LogP contribution in [0.2, 0.25) is 5.02 Å². The highest BCUT2D eigenvalue weighted by molar-refractivity contribution is 9.10. The molecule has 9 heteroatoms. The third kappa shape index (κ3) is 4.89. The van der Waals surface area contributed by atoms with Crippen LogP contribution in [-0.4, -0.2) is 11.9 Å². The number of carbonyl (C=O) groups excluding carboxylic acids is 2. The van der Waals surface area contributed by atoms with Gasteiger partial charge in [0.15, 0.2) is 5.09 Å². The molecule has 0 aliphatic heterocycles. The van der Waals surface area contributed by atoms with Gasteiger partial charge in [0.2, 0.25) is 0 Å². The zero-order valence-electron chi connectivity index (χ0n) is 11.9. The van der Waals surface area contributed by atoms with Crippen molar-refractivity contribution < 1.29 is 14.0 Å². The van der Waals surface area contributed by atoms with E-state index in [0.29, 0.717) is 14.6 Å². The Morgan fingerprint density at radius 2 is 2.04 bits per heavy atom. The van der Waals surface area contributed by atoms with Crippen molar-refractivity contribution in [1.82, 2.24) is 5.32 Å². The second-order valence-electron chi connectivity index (χ2n) is 4.33. The van der Waals surface area contributed by atoms with Gasteiger partial charge in [-0.15, -0.1) is 0 Å². The maximum atomic E-state index is 11.6. The summed E-state index contributed by atoms with van der Waals surface area (Å²) in [5, 5.41) is 12.0. The molecule has 0 atom stereocenters. The standard InChI is InChI=1S/C15H9BrClN3O3S/c16-12-6-10(5-8(7-18)13(21)20-15(19)22)23-14(12)24-11-3-1-9(17)2-4-11/h1-6H,(H3,19,20,21,22)/b8-5-. The molecule has 2 rings (SSSR count). The first-order valence-corrected chi connectivity index (χ1v) is 8.33. The molecule has 0 saturated heterocycles. The molecule has 3 amide bonds. The number of hydrogen-bond acceptors (Lipinski definition) is 5. The van der Waals surface area contributed by atoms with Crippen molar-refractivity contribution in [3.05, 3.63) is 51.2 Å². The molecule has 0 saturated carbocycles. The number of hydrogen-bond donors (Lipinski definition) is 2. The minimum absolute atomic E-state index is 0.273. The van der Waals surface area contributed by atoms with Crippen LogP contribution < -0.4 is 11.1 Å². The maximum absolute atomic E-state index is 11.6. The van der Waals surface area contributed by atoms with Crippen LogP contribution in [0.25, 0.3) is 6.08 Å². The third-order valence-corrected chi connectivity index (χ3v) is 4.69. The number of benzene rings is 1. The molecule has 6 nitrogen and oxygen atoms in total. The van der Waals surface area contributed by atoms with E-state index in [1.807, 2.05) is 17.4 Å². The number of rotatable bonds is 4. The molecule has 0 fully saturated rings. The first-order valence-electron chi connectivity index (χ1n) is 6.34. The van der Waals surface area contributed by atoms with Crippen molar-refractivity contribution in [1.29, 1.82) is 5.26 Å². The molecule has 0 spiro atoms. The Morgan fingerprint density at radius 3 is 2.62 bits per heavy atom. The number of urea groups is 1. The molecule has 0 bridgehead atoms. The fourth-order valence-electron chi connectivity index (χ4n) is 1.59. The fourth-order valence-corrected chi connectivity index (χ4v) is 3.05. The SMILES string of the molecule is N#C/C(=C/c1cc(Br)c(Sc2ccc(Cl)cc2)o1)C(=O)NC(N)=O. The van der Waals surface area contributed by atoms with Gasteiger partial charge in [-0.3, -0.25) is 10.1 Å². The molecule has 0 aliphatic rings. The summed E-state index contributed by atoms with van der Waals surface area (Å²) >= 11 is 10.5. The van der Waals surface area contributed by atoms with Crippen molar-refractivity contribution in [2.75, 3.05) is 0 Å². The van der Waals surface area contributed by atoms with E-state index in [0.717, 1.165) is 4.90 Å². The van der Waals surface area contributed by atoms with E-state index < -0.39 is 11.9 Å². The van der Waals surface area contributed by atoms with Crippen LogP contribution in [0.1, 0.15) is 5.76 Å². The predicted octanol–water partition coefficient (Wildman–Crippen LogP) is 3.95. The summed E-state index contributed by atoms with van der Waals surface area (Å²) < 4.78 is 6.25. The van der Waals surface area contributed by atoms with E-state index >= 15 is 0 Å². The van der Waals surface area contributed by atoms with Crippen molar-refractivity contribution in [3.63, 3.8) is 0 Å². The molecule has 0 radical (unpaired) electrons. The number of nitriles is 1. The second kappa shape index (κ2) is 8.06. The van der Waals surface area contributed by atoms with Crippen LogP contribution in [0.5, 0.6) is 0 Å². The summed E-state index contributed by atoms with van der Waals surface area (Å²) in [6.45, 7) is 0. The average Bonchev–Trinajstić information content (AvgIpc) is 2.86. The summed E-state index contributed by atoms with van der Waals surface area (Å²) in [6, 6.07) is 9.42. The number of halogens is 2. The van der Waals surface area contributed by atoms with Gasteiger partial charge >= 0.3 is 6.03 Å². The van der Waals surface area contributed by atoms with Crippen LogP contribution in [-0.2, 0) is 4.79 Å². The lowest BCUT2D eigenvalue weighted by molar-refractivity contribution is -0.115. The lowest BCUT2D eigenvalue weighted by Crippen LogP contribution is -2.35. The first kappa shape index (κ1) is 18.1. The lowest BCUT2D eigenvalue weighted by atomic mass is 10.2. The fraction of sp³-hybridized carbons (Fsp3) is 0. The zero-order valence-corrected chi connectivity index (χ0v) is 15.0. The Labute approximate surface area is 154 Å². The van der Waals surface area contributed by atoms with E-state index in [9.17, 15) is 9.59 Å². The second-order valence-corrected chi connectivity index (χ2v) is 6.67. The predicted molar refractivity (Wildman–Crippen MR) is 93.3 cm³/mol. The van der Waals surface area contributed by atoms with E-state index in [1.165, 1.54) is 17.8 Å². The normalized spacial score (nSPS) is 11.0. The molecule has 1 aromatic carbocycles. The van der Waals surface area contributed by atoms with E-state index in [-0.39, 0.29) is 11.3 Å². The van der Waals surface area contributed by atoms with Gasteiger partial charge in [-0.1, -0.05) is 23.4 Å². The summed E-state index contributed by atoms with van der Waals surface area (Å²) in [7, 11) is 0. The van der Waals surface area contributed by atoms with Crippen LogP contribution in [0.15, 0.2) is 54.8 Å². The minimum atomic E-state index is -1.04. The van der Waals surface area contributed by atoms with Crippen LogP contribution in [0.3, 0.4) is 0 Å². The van der Waals surface area contributed by atoms with Crippen molar-refractivity contribution in [3.8, 4) is 6.07 Å². The molecule has 0 unspecified atom stereocenters. The topological polar surface area (TPSA) is 109 Å². The number of nitrogens with one attached hydrogen (secondary N) is 1. The Morgan fingerprint density at radius 1 is 1.38 bits per heavy atom. The monoisotopic (exact) mass is 425 g/mol. The van der Waals surface area contributed by atoms with Gasteiger partial charge in [0, 0.05) is 16.0 Å². The first-order chi connectivity index (χ1) is 11.4. The highest BCUT2D eigenvalue weighted by Gasteiger charge is 2.14. The summed E-state index contributed by atoms with van der Waals surface area (Å²) in [6.07, 6.45) is 1.22. The molecule has 3 N–H and O–H groups in total. The van der Waals surface area contributed by atoms with Crippen LogP contribution in [0.4, 0.5) is 4.79 Å². The molecule has 2 aromatic rings.